The number of rotatable bonds is 6. The first-order valence-corrected chi connectivity index (χ1v) is 10.7. The van der Waals surface area contributed by atoms with Crippen LogP contribution in [0.3, 0.4) is 0 Å². The Bertz CT molecular complexity index is 865. The van der Waals surface area contributed by atoms with E-state index < -0.39 is 12.1 Å². The second kappa shape index (κ2) is 7.65. The molecule has 0 bridgehead atoms. The van der Waals surface area contributed by atoms with Crippen molar-refractivity contribution in [3.05, 3.63) is 24.0 Å². The van der Waals surface area contributed by atoms with E-state index in [2.05, 4.69) is 36.5 Å². The molecule has 0 spiro atoms. The number of hydrazine groups is 1. The Balaban J connectivity index is 1.42. The van der Waals surface area contributed by atoms with Crippen LogP contribution in [0.5, 0.6) is 0 Å². The first-order chi connectivity index (χ1) is 14.2. The molecule has 8 nitrogen and oxygen atoms in total. The molecule has 0 radical (unpaired) electrons. The fraction of sp³-hybridized carbons (Fsp3) is 0.636. The highest BCUT2D eigenvalue weighted by Crippen LogP contribution is 2.48. The maximum Gasteiger partial charge on any atom is 0.244 e. The second-order valence-electron chi connectivity index (χ2n) is 9.91. The molecular formula is C22H31N5O3. The number of likely N-dealkylation sites (tertiary alicyclic amines) is 1. The van der Waals surface area contributed by atoms with E-state index in [0.717, 1.165) is 30.5 Å². The largest absolute Gasteiger partial charge is 0.354 e. The molecule has 1 aromatic rings. The van der Waals surface area contributed by atoms with E-state index in [-0.39, 0.29) is 35.6 Å². The average molecular weight is 414 g/mol. The molecule has 4 rings (SSSR count). The van der Waals surface area contributed by atoms with Crippen molar-refractivity contribution < 1.29 is 14.4 Å². The Morgan fingerprint density at radius 3 is 2.73 bits per heavy atom. The van der Waals surface area contributed by atoms with Gasteiger partial charge in [0.15, 0.2) is 5.78 Å². The minimum Gasteiger partial charge on any atom is -0.354 e. The zero-order valence-electron chi connectivity index (χ0n) is 18.1. The van der Waals surface area contributed by atoms with Gasteiger partial charge in [-0.05, 0) is 43.6 Å². The van der Waals surface area contributed by atoms with E-state index in [1.54, 1.807) is 28.4 Å². The predicted molar refractivity (Wildman–Crippen MR) is 112 cm³/mol. The number of piperidine rings is 1. The Morgan fingerprint density at radius 2 is 2.03 bits per heavy atom. The number of carbonyl (C=O) groups excluding carboxylic acids is 3. The van der Waals surface area contributed by atoms with E-state index in [9.17, 15) is 14.4 Å². The van der Waals surface area contributed by atoms with Crippen LogP contribution in [0.1, 0.15) is 58.6 Å². The normalized spacial score (nSPS) is 26.9. The number of nitrogens with one attached hydrogen (secondary N) is 2. The van der Waals surface area contributed by atoms with Crippen LogP contribution in [0.25, 0.3) is 0 Å². The fourth-order valence-corrected chi connectivity index (χ4v) is 4.55. The zero-order chi connectivity index (χ0) is 21.6. The van der Waals surface area contributed by atoms with Crippen LogP contribution in [0.2, 0.25) is 0 Å². The standard InChI is InChI=1S/C22H31N5O3/c1-13(28)20-15-5-7-23-11-18(15)26(25-20)12-19(29)27-16-9-14(16)10-17(27)21(30)24-8-6-22(2,3)4/h5,7,11,14,16-17,20,25H,6,8-10,12H2,1-4H3,(H,24,30)/t14-,16-,17+,20?/m1/s1. The fourth-order valence-electron chi connectivity index (χ4n) is 4.55. The third-order valence-electron chi connectivity index (χ3n) is 6.29. The lowest BCUT2D eigenvalue weighted by Crippen LogP contribution is -2.52. The summed E-state index contributed by atoms with van der Waals surface area (Å²) in [5, 5.41) is 4.72. The molecule has 2 amide bonds. The van der Waals surface area contributed by atoms with E-state index in [4.69, 9.17) is 0 Å². The number of fused-ring (bicyclic) bond motifs is 2. The molecule has 1 aromatic heterocycles. The lowest BCUT2D eigenvalue weighted by Gasteiger charge is -2.30. The molecule has 1 saturated heterocycles. The number of anilines is 1. The lowest BCUT2D eigenvalue weighted by atomic mass is 9.92. The summed E-state index contributed by atoms with van der Waals surface area (Å²) in [7, 11) is 0. The highest BCUT2D eigenvalue weighted by molar-refractivity contribution is 5.92. The number of hydrogen-bond donors (Lipinski definition) is 2. The molecule has 162 valence electrons. The van der Waals surface area contributed by atoms with Crippen LogP contribution < -0.4 is 15.8 Å². The minimum absolute atomic E-state index is 0.0167. The topological polar surface area (TPSA) is 94.6 Å². The quantitative estimate of drug-likeness (QED) is 0.735. The van der Waals surface area contributed by atoms with Gasteiger partial charge in [-0.15, -0.1) is 0 Å². The van der Waals surface area contributed by atoms with Gasteiger partial charge in [0.1, 0.15) is 18.6 Å². The van der Waals surface area contributed by atoms with Crippen LogP contribution in [0.4, 0.5) is 5.69 Å². The third-order valence-corrected chi connectivity index (χ3v) is 6.29. The SMILES string of the molecule is CC(=O)C1NN(CC(=O)N2[C@@H]3C[C@@H]3C[C@H]2C(=O)NCCC(C)(C)C)c2cnccc21. The molecule has 30 heavy (non-hydrogen) atoms. The number of carbonyl (C=O) groups is 3. The van der Waals surface area contributed by atoms with Crippen LogP contribution >= 0.6 is 0 Å². The number of aromatic nitrogens is 1. The molecule has 8 heteroatoms. The number of Topliss-reactive ketones (excluding diaryl/α,β-unsaturated/α-hetero) is 1. The highest BCUT2D eigenvalue weighted by Gasteiger charge is 2.56. The number of hydrogen-bond acceptors (Lipinski definition) is 6. The summed E-state index contributed by atoms with van der Waals surface area (Å²) in [4.78, 5) is 44.0. The Labute approximate surface area is 177 Å². The molecule has 3 aliphatic rings. The van der Waals surface area contributed by atoms with Crippen molar-refractivity contribution in [2.24, 2.45) is 11.3 Å². The van der Waals surface area contributed by atoms with Crippen LogP contribution in [-0.2, 0) is 14.4 Å². The van der Waals surface area contributed by atoms with Gasteiger partial charge in [0.2, 0.25) is 11.8 Å². The first-order valence-electron chi connectivity index (χ1n) is 10.7. The number of amides is 2. The molecule has 2 N–H and O–H groups in total. The summed E-state index contributed by atoms with van der Waals surface area (Å²) in [5.41, 5.74) is 4.84. The van der Waals surface area contributed by atoms with Gasteiger partial charge < -0.3 is 10.2 Å². The van der Waals surface area contributed by atoms with E-state index in [1.165, 1.54) is 6.92 Å². The lowest BCUT2D eigenvalue weighted by molar-refractivity contribution is -0.138. The summed E-state index contributed by atoms with van der Waals surface area (Å²) in [6.07, 6.45) is 5.91. The molecule has 1 aliphatic carbocycles. The minimum atomic E-state index is -0.473. The number of nitrogens with zero attached hydrogens (tertiary/aromatic N) is 3. The summed E-state index contributed by atoms with van der Waals surface area (Å²) >= 11 is 0. The van der Waals surface area contributed by atoms with Gasteiger partial charge in [0, 0.05) is 24.3 Å². The summed E-state index contributed by atoms with van der Waals surface area (Å²) in [6, 6.07) is 1.09. The van der Waals surface area contributed by atoms with Crippen LogP contribution in [-0.4, -0.2) is 52.7 Å². The van der Waals surface area contributed by atoms with E-state index >= 15 is 0 Å². The van der Waals surface area contributed by atoms with Gasteiger partial charge in [0.25, 0.3) is 0 Å². The van der Waals surface area contributed by atoms with E-state index in [1.807, 2.05) is 0 Å². The van der Waals surface area contributed by atoms with Gasteiger partial charge in [-0.3, -0.25) is 24.4 Å². The molecule has 0 aromatic carbocycles. The molecule has 2 aliphatic heterocycles. The summed E-state index contributed by atoms with van der Waals surface area (Å²) < 4.78 is 0. The van der Waals surface area contributed by atoms with Crippen molar-refractivity contribution in [1.29, 1.82) is 0 Å². The highest BCUT2D eigenvalue weighted by atomic mass is 16.2. The first kappa shape index (κ1) is 20.8. The summed E-state index contributed by atoms with van der Waals surface area (Å²) in [5.74, 6) is 0.259. The van der Waals surface area contributed by atoms with Crippen molar-refractivity contribution in [3.63, 3.8) is 0 Å². The maximum absolute atomic E-state index is 13.2. The van der Waals surface area contributed by atoms with Crippen molar-refractivity contribution in [2.75, 3.05) is 18.1 Å². The molecule has 1 unspecified atom stereocenters. The van der Waals surface area contributed by atoms with Gasteiger partial charge in [-0.2, -0.15) is 0 Å². The predicted octanol–water partition coefficient (Wildman–Crippen LogP) is 1.58. The molecule has 4 atom stereocenters. The molecule has 2 fully saturated rings. The van der Waals surface area contributed by atoms with Crippen molar-refractivity contribution in [3.8, 4) is 0 Å². The molecule has 3 heterocycles. The molecular weight excluding hydrogens is 382 g/mol. The van der Waals surface area contributed by atoms with Gasteiger partial charge in [-0.25, -0.2) is 5.43 Å². The molecule has 1 saturated carbocycles. The Morgan fingerprint density at radius 1 is 1.27 bits per heavy atom. The zero-order valence-corrected chi connectivity index (χ0v) is 18.1. The average Bonchev–Trinajstić information content (AvgIpc) is 3.17. The monoisotopic (exact) mass is 413 g/mol. The van der Waals surface area contributed by atoms with Crippen molar-refractivity contribution >= 4 is 23.3 Å². The van der Waals surface area contributed by atoms with Crippen molar-refractivity contribution in [2.45, 2.75) is 65.1 Å². The third kappa shape index (κ3) is 4.05. The Kier molecular flexibility index (Phi) is 5.30. The van der Waals surface area contributed by atoms with Crippen LogP contribution in [0.15, 0.2) is 18.5 Å². The van der Waals surface area contributed by atoms with Crippen LogP contribution in [0, 0.1) is 11.3 Å². The van der Waals surface area contributed by atoms with E-state index in [0.29, 0.717) is 12.5 Å². The maximum atomic E-state index is 13.2. The second-order valence-corrected chi connectivity index (χ2v) is 9.91. The Hall–Kier alpha value is -2.48. The summed E-state index contributed by atoms with van der Waals surface area (Å²) in [6.45, 7) is 8.64. The number of ketones is 1. The van der Waals surface area contributed by atoms with Gasteiger partial charge in [-0.1, -0.05) is 20.8 Å². The number of pyridine rings is 1. The van der Waals surface area contributed by atoms with Crippen molar-refractivity contribution in [1.82, 2.24) is 20.6 Å². The van der Waals surface area contributed by atoms with Gasteiger partial charge in [0.05, 0.1) is 11.9 Å². The smallest absolute Gasteiger partial charge is 0.244 e. The van der Waals surface area contributed by atoms with Gasteiger partial charge >= 0.3 is 0 Å².